The van der Waals surface area contributed by atoms with Crippen LogP contribution in [0.1, 0.15) is 18.2 Å². The summed E-state index contributed by atoms with van der Waals surface area (Å²) in [5.41, 5.74) is 1.75. The van der Waals surface area contributed by atoms with Crippen molar-refractivity contribution in [2.45, 2.75) is 20.0 Å². The minimum absolute atomic E-state index is 0.0181. The van der Waals surface area contributed by atoms with Crippen LogP contribution in [0.15, 0.2) is 18.3 Å². The van der Waals surface area contributed by atoms with Crippen molar-refractivity contribution in [2.75, 3.05) is 13.2 Å². The van der Waals surface area contributed by atoms with Crippen molar-refractivity contribution in [3.05, 3.63) is 29.6 Å². The number of aromatic nitrogens is 1. The third kappa shape index (κ3) is 3.83. The maximum atomic E-state index is 8.77. The molecule has 1 N–H and O–H groups in total. The van der Waals surface area contributed by atoms with Crippen LogP contribution in [0.3, 0.4) is 0 Å². The molecule has 1 heterocycles. The Bertz CT molecular complexity index is 248. The smallest absolute Gasteiger partial charge is 0.0863 e. The summed E-state index contributed by atoms with van der Waals surface area (Å²) in [6.07, 6.45) is 2.50. The number of hydrogen-bond acceptors (Lipinski definition) is 4. The summed E-state index contributed by atoms with van der Waals surface area (Å²) in [5.74, 6) is 0. The number of nitrogens with zero attached hydrogens (tertiary/aromatic N) is 1. The highest BCUT2D eigenvalue weighted by Crippen LogP contribution is 2.01. The standard InChI is InChI=1S/C10H15NO3/c1-2-13-14-6-5-9-3-4-10(8-12)11-7-9/h3-4,7,12H,2,5-6,8H2,1H3. The fourth-order valence-corrected chi connectivity index (χ4v) is 0.998. The summed E-state index contributed by atoms with van der Waals surface area (Å²) < 4.78 is 0. The van der Waals surface area contributed by atoms with Crippen LogP contribution in [0.4, 0.5) is 0 Å². The maximum Gasteiger partial charge on any atom is 0.0863 e. The molecule has 4 nitrogen and oxygen atoms in total. The Labute approximate surface area is 83.4 Å². The van der Waals surface area contributed by atoms with Gasteiger partial charge < -0.3 is 5.11 Å². The lowest BCUT2D eigenvalue weighted by Gasteiger charge is -2.02. The first-order chi connectivity index (χ1) is 6.86. The highest BCUT2D eigenvalue weighted by molar-refractivity contribution is 5.13. The van der Waals surface area contributed by atoms with Gasteiger partial charge in [0.25, 0.3) is 0 Å². The van der Waals surface area contributed by atoms with E-state index in [0.717, 1.165) is 12.0 Å². The molecule has 78 valence electrons. The minimum Gasteiger partial charge on any atom is -0.390 e. The largest absolute Gasteiger partial charge is 0.390 e. The van der Waals surface area contributed by atoms with Crippen molar-refractivity contribution in [2.24, 2.45) is 0 Å². The number of rotatable bonds is 6. The predicted octanol–water partition coefficient (Wildman–Crippen LogP) is 1.08. The number of pyridine rings is 1. The van der Waals surface area contributed by atoms with Gasteiger partial charge in [0.1, 0.15) is 0 Å². The van der Waals surface area contributed by atoms with Crippen molar-refractivity contribution < 1.29 is 14.9 Å². The molecule has 0 amide bonds. The number of hydrogen-bond donors (Lipinski definition) is 1. The lowest BCUT2D eigenvalue weighted by atomic mass is 10.2. The molecule has 0 aliphatic rings. The summed E-state index contributed by atoms with van der Waals surface area (Å²) in [6, 6.07) is 3.73. The normalized spacial score (nSPS) is 10.4. The van der Waals surface area contributed by atoms with Gasteiger partial charge in [-0.3, -0.25) is 4.98 Å². The first kappa shape index (κ1) is 11.1. The number of aliphatic hydroxyl groups is 1. The van der Waals surface area contributed by atoms with Gasteiger partial charge in [0.2, 0.25) is 0 Å². The van der Waals surface area contributed by atoms with Crippen LogP contribution in [0, 0.1) is 0 Å². The third-order valence-corrected chi connectivity index (χ3v) is 1.72. The van der Waals surface area contributed by atoms with Crippen LogP contribution in [0.25, 0.3) is 0 Å². The molecular weight excluding hydrogens is 182 g/mol. The van der Waals surface area contributed by atoms with Gasteiger partial charge in [-0.05, 0) is 18.6 Å². The molecule has 14 heavy (non-hydrogen) atoms. The van der Waals surface area contributed by atoms with E-state index in [1.165, 1.54) is 0 Å². The van der Waals surface area contributed by atoms with Crippen LogP contribution in [-0.4, -0.2) is 23.3 Å². The van der Waals surface area contributed by atoms with E-state index in [-0.39, 0.29) is 6.61 Å². The minimum atomic E-state index is -0.0181. The molecule has 0 radical (unpaired) electrons. The highest BCUT2D eigenvalue weighted by atomic mass is 17.2. The van der Waals surface area contributed by atoms with Gasteiger partial charge in [-0.25, -0.2) is 9.78 Å². The van der Waals surface area contributed by atoms with Crippen LogP contribution < -0.4 is 0 Å². The molecule has 1 aromatic heterocycles. The topological polar surface area (TPSA) is 51.6 Å². The lowest BCUT2D eigenvalue weighted by molar-refractivity contribution is -0.290. The fourth-order valence-electron chi connectivity index (χ4n) is 0.998. The summed E-state index contributed by atoms with van der Waals surface area (Å²) in [7, 11) is 0. The van der Waals surface area contributed by atoms with Crippen molar-refractivity contribution in [3.63, 3.8) is 0 Å². The zero-order valence-corrected chi connectivity index (χ0v) is 8.27. The first-order valence-electron chi connectivity index (χ1n) is 4.66. The van der Waals surface area contributed by atoms with Gasteiger partial charge >= 0.3 is 0 Å². The average Bonchev–Trinajstić information content (AvgIpc) is 2.25. The van der Waals surface area contributed by atoms with Gasteiger partial charge in [0.05, 0.1) is 25.5 Å². The van der Waals surface area contributed by atoms with E-state index in [2.05, 4.69) is 4.98 Å². The molecule has 1 aromatic rings. The fraction of sp³-hybridized carbons (Fsp3) is 0.500. The van der Waals surface area contributed by atoms with Gasteiger partial charge in [-0.1, -0.05) is 6.07 Å². The SMILES string of the molecule is CCOOCCc1ccc(CO)nc1. The van der Waals surface area contributed by atoms with Crippen molar-refractivity contribution in [1.82, 2.24) is 4.98 Å². The van der Waals surface area contributed by atoms with E-state index in [4.69, 9.17) is 14.9 Å². The zero-order chi connectivity index (χ0) is 10.2. The molecule has 0 aliphatic heterocycles. The third-order valence-electron chi connectivity index (χ3n) is 1.72. The Kier molecular flexibility index (Phi) is 5.14. The van der Waals surface area contributed by atoms with Crippen LogP contribution in [0.5, 0.6) is 0 Å². The molecule has 4 heteroatoms. The summed E-state index contributed by atoms with van der Waals surface area (Å²) in [4.78, 5) is 13.7. The highest BCUT2D eigenvalue weighted by Gasteiger charge is 1.95. The Morgan fingerprint density at radius 1 is 1.36 bits per heavy atom. The molecule has 0 fully saturated rings. The lowest BCUT2D eigenvalue weighted by Crippen LogP contribution is -2.00. The molecule has 0 aromatic carbocycles. The van der Waals surface area contributed by atoms with Gasteiger partial charge in [0, 0.05) is 12.6 Å². The summed E-state index contributed by atoms with van der Waals surface area (Å²) in [5, 5.41) is 8.77. The molecule has 0 spiro atoms. The Morgan fingerprint density at radius 3 is 2.79 bits per heavy atom. The zero-order valence-electron chi connectivity index (χ0n) is 8.27. The first-order valence-corrected chi connectivity index (χ1v) is 4.66. The molecule has 0 bridgehead atoms. The average molecular weight is 197 g/mol. The predicted molar refractivity (Wildman–Crippen MR) is 51.4 cm³/mol. The molecule has 0 atom stereocenters. The van der Waals surface area contributed by atoms with Crippen molar-refractivity contribution >= 4 is 0 Å². The van der Waals surface area contributed by atoms with Gasteiger partial charge in [-0.2, -0.15) is 0 Å². The second-order valence-corrected chi connectivity index (χ2v) is 2.79. The Hall–Kier alpha value is -0.970. The molecule has 0 saturated heterocycles. The van der Waals surface area contributed by atoms with E-state index in [1.54, 1.807) is 12.3 Å². The second-order valence-electron chi connectivity index (χ2n) is 2.79. The second kappa shape index (κ2) is 6.48. The molecule has 0 aliphatic carbocycles. The molecule has 1 rings (SSSR count). The summed E-state index contributed by atoms with van der Waals surface area (Å²) in [6.45, 7) is 2.93. The van der Waals surface area contributed by atoms with Crippen LogP contribution in [0.2, 0.25) is 0 Å². The van der Waals surface area contributed by atoms with Gasteiger partial charge in [-0.15, -0.1) is 0 Å². The van der Waals surface area contributed by atoms with Crippen LogP contribution >= 0.6 is 0 Å². The van der Waals surface area contributed by atoms with Crippen molar-refractivity contribution in [1.29, 1.82) is 0 Å². The Balaban J connectivity index is 2.29. The van der Waals surface area contributed by atoms with E-state index in [0.29, 0.717) is 18.9 Å². The van der Waals surface area contributed by atoms with E-state index >= 15 is 0 Å². The number of aliphatic hydroxyl groups excluding tert-OH is 1. The monoisotopic (exact) mass is 197 g/mol. The van der Waals surface area contributed by atoms with E-state index < -0.39 is 0 Å². The molecule has 0 unspecified atom stereocenters. The van der Waals surface area contributed by atoms with E-state index in [1.807, 2.05) is 13.0 Å². The van der Waals surface area contributed by atoms with Crippen LogP contribution in [-0.2, 0) is 22.8 Å². The quantitative estimate of drug-likeness (QED) is 0.421. The molecule has 0 saturated carbocycles. The molecular formula is C10H15NO3. The van der Waals surface area contributed by atoms with Gasteiger partial charge in [0.15, 0.2) is 0 Å². The Morgan fingerprint density at radius 2 is 2.21 bits per heavy atom. The maximum absolute atomic E-state index is 8.77. The summed E-state index contributed by atoms with van der Waals surface area (Å²) >= 11 is 0. The van der Waals surface area contributed by atoms with E-state index in [9.17, 15) is 0 Å². The van der Waals surface area contributed by atoms with Crippen molar-refractivity contribution in [3.8, 4) is 0 Å².